The van der Waals surface area contributed by atoms with E-state index in [9.17, 15) is 9.59 Å². The van der Waals surface area contributed by atoms with E-state index in [4.69, 9.17) is 4.74 Å². The van der Waals surface area contributed by atoms with Gasteiger partial charge < -0.3 is 9.64 Å². The Balaban J connectivity index is 2.00. The van der Waals surface area contributed by atoms with Crippen LogP contribution < -0.4 is 10.1 Å². The topological polar surface area (TPSA) is 84.4 Å². The summed E-state index contributed by atoms with van der Waals surface area (Å²) in [5.74, 6) is 0.00774. The van der Waals surface area contributed by atoms with Crippen LogP contribution in [0.25, 0.3) is 0 Å². The van der Waals surface area contributed by atoms with Crippen LogP contribution in [0.1, 0.15) is 22.3 Å². The number of likely N-dealkylation sites (N-methyl/N-ethyl adjacent to an activating group) is 1. The average molecular weight is 334 g/mol. The summed E-state index contributed by atoms with van der Waals surface area (Å²) in [4.78, 5) is 25.2. The van der Waals surface area contributed by atoms with Gasteiger partial charge in [-0.3, -0.25) is 14.9 Å². The highest BCUT2D eigenvalue weighted by Crippen LogP contribution is 2.18. The van der Waals surface area contributed by atoms with Crippen LogP contribution in [0.15, 0.2) is 24.3 Å². The maximum absolute atomic E-state index is 12.2. The first kappa shape index (κ1) is 16.9. The Labute approximate surface area is 138 Å². The summed E-state index contributed by atoms with van der Waals surface area (Å²) in [5, 5.41) is 11.9. The van der Waals surface area contributed by atoms with E-state index in [-0.39, 0.29) is 18.4 Å². The summed E-state index contributed by atoms with van der Waals surface area (Å²) in [7, 11) is 3.31. The number of rotatable bonds is 6. The number of carbonyl (C=O) groups is 2. The van der Waals surface area contributed by atoms with Crippen molar-refractivity contribution in [2.45, 2.75) is 13.3 Å². The molecule has 2 rings (SSSR count). The van der Waals surface area contributed by atoms with E-state index in [0.717, 1.165) is 11.4 Å². The van der Waals surface area contributed by atoms with Gasteiger partial charge in [0, 0.05) is 19.7 Å². The molecule has 0 radical (unpaired) electrons. The second kappa shape index (κ2) is 7.68. The van der Waals surface area contributed by atoms with Crippen LogP contribution in [-0.4, -0.2) is 47.6 Å². The van der Waals surface area contributed by atoms with Crippen molar-refractivity contribution in [1.29, 1.82) is 0 Å². The first-order valence-corrected chi connectivity index (χ1v) is 7.88. The Morgan fingerprint density at radius 2 is 2.09 bits per heavy atom. The molecule has 0 bridgehead atoms. The molecule has 0 unspecified atom stereocenters. The summed E-state index contributed by atoms with van der Waals surface area (Å²) >= 11 is 1.34. The zero-order chi connectivity index (χ0) is 16.8. The van der Waals surface area contributed by atoms with Gasteiger partial charge in [-0.15, -0.1) is 10.2 Å². The number of nitrogens with one attached hydrogen (secondary N) is 1. The highest BCUT2D eigenvalue weighted by Gasteiger charge is 2.11. The summed E-state index contributed by atoms with van der Waals surface area (Å²) in [6.45, 7) is 1.90. The number of anilines is 1. The minimum Gasteiger partial charge on any atom is -0.484 e. The lowest BCUT2D eigenvalue weighted by Gasteiger charge is -2.11. The number of hydrogen-bond donors (Lipinski definition) is 1. The predicted molar refractivity (Wildman–Crippen MR) is 87.9 cm³/mol. The fourth-order valence-corrected chi connectivity index (χ4v) is 2.29. The van der Waals surface area contributed by atoms with E-state index >= 15 is 0 Å². The first-order valence-electron chi connectivity index (χ1n) is 7.06. The van der Waals surface area contributed by atoms with Crippen LogP contribution >= 0.6 is 11.3 Å². The molecule has 0 aliphatic carbocycles. The van der Waals surface area contributed by atoms with Gasteiger partial charge in [-0.1, -0.05) is 24.3 Å². The molecule has 0 aliphatic heterocycles. The van der Waals surface area contributed by atoms with Crippen molar-refractivity contribution in [3.8, 4) is 5.75 Å². The third kappa shape index (κ3) is 4.75. The number of carbonyl (C=O) groups excluding carboxylic acids is 2. The lowest BCUT2D eigenvalue weighted by molar-refractivity contribution is -0.130. The van der Waals surface area contributed by atoms with Crippen LogP contribution in [0.4, 0.5) is 5.13 Å². The van der Waals surface area contributed by atoms with Gasteiger partial charge in [-0.2, -0.15) is 0 Å². The molecule has 0 aliphatic rings. The zero-order valence-electron chi connectivity index (χ0n) is 13.2. The van der Waals surface area contributed by atoms with Gasteiger partial charge in [0.2, 0.25) is 5.13 Å². The summed E-state index contributed by atoms with van der Waals surface area (Å²) in [6, 6.07) is 6.64. The maximum atomic E-state index is 12.2. The molecular weight excluding hydrogens is 316 g/mol. The molecule has 0 saturated carbocycles. The molecule has 23 heavy (non-hydrogen) atoms. The molecule has 1 aromatic heterocycles. The number of hydrogen-bond acceptors (Lipinski definition) is 6. The molecule has 0 fully saturated rings. The van der Waals surface area contributed by atoms with E-state index in [0.29, 0.717) is 16.4 Å². The highest BCUT2D eigenvalue weighted by molar-refractivity contribution is 7.15. The van der Waals surface area contributed by atoms with Crippen LogP contribution in [0.5, 0.6) is 5.75 Å². The third-order valence-electron chi connectivity index (χ3n) is 2.95. The fraction of sp³-hybridized carbons (Fsp3) is 0.333. The number of benzene rings is 1. The number of aryl methyl sites for hydroxylation is 1. The molecule has 0 saturated heterocycles. The molecule has 8 heteroatoms. The van der Waals surface area contributed by atoms with Crippen molar-refractivity contribution in [1.82, 2.24) is 15.1 Å². The summed E-state index contributed by atoms with van der Waals surface area (Å²) in [6.07, 6.45) is 0.775. The SMILES string of the molecule is CCc1nnc(NC(=O)c2cccc(OCC(=O)N(C)C)c2)s1. The smallest absolute Gasteiger partial charge is 0.259 e. The molecule has 2 amide bonds. The van der Waals surface area contributed by atoms with E-state index in [1.807, 2.05) is 6.92 Å². The Morgan fingerprint density at radius 3 is 2.74 bits per heavy atom. The highest BCUT2D eigenvalue weighted by atomic mass is 32.1. The van der Waals surface area contributed by atoms with Gasteiger partial charge >= 0.3 is 0 Å². The predicted octanol–water partition coefficient (Wildman–Crippen LogP) is 1.82. The summed E-state index contributed by atoms with van der Waals surface area (Å²) < 4.78 is 5.40. The first-order chi connectivity index (χ1) is 11.0. The Kier molecular flexibility index (Phi) is 5.64. The van der Waals surface area contributed by atoms with Gasteiger partial charge in [0.1, 0.15) is 10.8 Å². The molecule has 1 N–H and O–H groups in total. The molecule has 0 atom stereocenters. The van der Waals surface area contributed by atoms with Crippen molar-refractivity contribution >= 4 is 28.3 Å². The van der Waals surface area contributed by atoms with Crippen molar-refractivity contribution < 1.29 is 14.3 Å². The molecular formula is C15H18N4O3S. The largest absolute Gasteiger partial charge is 0.484 e. The van der Waals surface area contributed by atoms with Gasteiger partial charge in [0.15, 0.2) is 6.61 Å². The molecule has 0 spiro atoms. The Morgan fingerprint density at radius 1 is 1.30 bits per heavy atom. The second-order valence-corrected chi connectivity index (χ2v) is 5.98. The minimum absolute atomic E-state index is 0.0751. The molecule has 122 valence electrons. The van der Waals surface area contributed by atoms with Gasteiger partial charge in [-0.05, 0) is 24.6 Å². The van der Waals surface area contributed by atoms with Crippen LogP contribution in [-0.2, 0) is 11.2 Å². The van der Waals surface area contributed by atoms with E-state index in [1.165, 1.54) is 16.2 Å². The minimum atomic E-state index is -0.298. The van der Waals surface area contributed by atoms with Gasteiger partial charge in [0.05, 0.1) is 0 Å². The lowest BCUT2D eigenvalue weighted by Crippen LogP contribution is -2.27. The van der Waals surface area contributed by atoms with Crippen LogP contribution in [0.2, 0.25) is 0 Å². The van der Waals surface area contributed by atoms with Gasteiger partial charge in [0.25, 0.3) is 11.8 Å². The molecule has 7 nitrogen and oxygen atoms in total. The quantitative estimate of drug-likeness (QED) is 0.871. The lowest BCUT2D eigenvalue weighted by atomic mass is 10.2. The normalized spacial score (nSPS) is 10.2. The zero-order valence-corrected chi connectivity index (χ0v) is 14.0. The number of ether oxygens (including phenoxy) is 1. The Bertz CT molecular complexity index is 700. The third-order valence-corrected chi connectivity index (χ3v) is 3.93. The molecule has 2 aromatic rings. The molecule has 1 aromatic carbocycles. The van der Waals surface area contributed by atoms with E-state index in [2.05, 4.69) is 15.5 Å². The van der Waals surface area contributed by atoms with E-state index in [1.54, 1.807) is 38.4 Å². The van der Waals surface area contributed by atoms with Crippen LogP contribution in [0.3, 0.4) is 0 Å². The number of aromatic nitrogens is 2. The van der Waals surface area contributed by atoms with Crippen molar-refractivity contribution in [2.24, 2.45) is 0 Å². The van der Waals surface area contributed by atoms with Crippen LogP contribution in [0, 0.1) is 0 Å². The maximum Gasteiger partial charge on any atom is 0.259 e. The standard InChI is InChI=1S/C15H18N4O3S/c1-4-12-17-18-15(23-12)16-14(21)10-6-5-7-11(8-10)22-9-13(20)19(2)3/h5-8H,4,9H2,1-3H3,(H,16,18,21). The monoisotopic (exact) mass is 334 g/mol. The average Bonchev–Trinajstić information content (AvgIpc) is 3.00. The fourth-order valence-electron chi connectivity index (χ4n) is 1.62. The number of nitrogens with zero attached hydrogens (tertiary/aromatic N) is 3. The van der Waals surface area contributed by atoms with Crippen molar-refractivity contribution in [3.63, 3.8) is 0 Å². The van der Waals surface area contributed by atoms with Gasteiger partial charge in [-0.25, -0.2) is 0 Å². The Hall–Kier alpha value is -2.48. The second-order valence-electron chi connectivity index (χ2n) is 4.91. The summed E-state index contributed by atoms with van der Waals surface area (Å²) in [5.41, 5.74) is 0.424. The van der Waals surface area contributed by atoms with Crippen molar-refractivity contribution in [3.05, 3.63) is 34.8 Å². The van der Waals surface area contributed by atoms with Crippen molar-refractivity contribution in [2.75, 3.05) is 26.0 Å². The number of amides is 2. The molecule has 1 heterocycles. The van der Waals surface area contributed by atoms with E-state index < -0.39 is 0 Å².